The Bertz CT molecular complexity index is 854. The van der Waals surface area contributed by atoms with Gasteiger partial charge in [-0.05, 0) is 11.1 Å². The molecule has 0 N–H and O–H groups in total. The normalized spacial score (nSPS) is 11.1. The maximum absolute atomic E-state index is 10.9. The number of hydrogen-bond donors (Lipinski definition) is 0. The van der Waals surface area contributed by atoms with E-state index in [-0.39, 0.29) is 5.69 Å². The quantitative estimate of drug-likeness (QED) is 0.497. The van der Waals surface area contributed by atoms with E-state index in [0.29, 0.717) is 23.9 Å². The number of aromatic nitrogens is 7. The van der Waals surface area contributed by atoms with Crippen LogP contribution < -0.4 is 0 Å². The summed E-state index contributed by atoms with van der Waals surface area (Å²) < 4.78 is 1.81. The summed E-state index contributed by atoms with van der Waals surface area (Å²) in [5.41, 5.74) is 0.527. The van der Waals surface area contributed by atoms with E-state index in [0.717, 1.165) is 12.4 Å². The lowest BCUT2D eigenvalue weighted by Gasteiger charge is -2.07. The molecular formula is C14H16N8O2. The van der Waals surface area contributed by atoms with Gasteiger partial charge in [0.15, 0.2) is 5.82 Å². The maximum Gasteiger partial charge on any atom is 0.270 e. The number of nitro groups is 1. The van der Waals surface area contributed by atoms with Crippen LogP contribution in [0, 0.1) is 16.0 Å². The first-order valence-corrected chi connectivity index (χ1v) is 7.42. The molecule has 3 aromatic rings. The molecule has 2 heterocycles. The van der Waals surface area contributed by atoms with Crippen LogP contribution in [0.25, 0.3) is 11.4 Å². The van der Waals surface area contributed by atoms with Crippen LogP contribution in [0.2, 0.25) is 0 Å². The van der Waals surface area contributed by atoms with Crippen molar-refractivity contribution in [3.05, 3.63) is 46.5 Å². The van der Waals surface area contributed by atoms with Crippen LogP contribution in [0.3, 0.4) is 0 Å². The zero-order chi connectivity index (χ0) is 17.1. The summed E-state index contributed by atoms with van der Waals surface area (Å²) in [5.74, 6) is 1.50. The SMILES string of the molecule is CC(C)Cn1ncnc1Cn1nnc(-c2cccc([N+](=O)[O-])c2)n1. The predicted molar refractivity (Wildman–Crippen MR) is 83.9 cm³/mol. The van der Waals surface area contributed by atoms with Gasteiger partial charge in [-0.2, -0.15) is 9.90 Å². The Morgan fingerprint density at radius 3 is 2.92 bits per heavy atom. The average molecular weight is 328 g/mol. The fourth-order valence-corrected chi connectivity index (χ4v) is 2.22. The molecule has 0 fully saturated rings. The molecule has 124 valence electrons. The van der Waals surface area contributed by atoms with Crippen LogP contribution in [-0.2, 0) is 13.1 Å². The Labute approximate surface area is 137 Å². The lowest BCUT2D eigenvalue weighted by molar-refractivity contribution is -0.384. The van der Waals surface area contributed by atoms with E-state index in [2.05, 4.69) is 39.3 Å². The predicted octanol–water partition coefficient (Wildman–Crippen LogP) is 1.54. The van der Waals surface area contributed by atoms with Gasteiger partial charge in [-0.15, -0.1) is 10.2 Å². The van der Waals surface area contributed by atoms with Gasteiger partial charge in [0.05, 0.1) is 4.92 Å². The second kappa shape index (κ2) is 6.52. The van der Waals surface area contributed by atoms with Gasteiger partial charge in [-0.25, -0.2) is 9.67 Å². The van der Waals surface area contributed by atoms with Crippen molar-refractivity contribution in [1.82, 2.24) is 35.0 Å². The molecular weight excluding hydrogens is 312 g/mol. The van der Waals surface area contributed by atoms with Crippen LogP contribution >= 0.6 is 0 Å². The summed E-state index contributed by atoms with van der Waals surface area (Å²) in [6.45, 7) is 5.27. The number of hydrogen-bond acceptors (Lipinski definition) is 7. The summed E-state index contributed by atoms with van der Waals surface area (Å²) in [5, 5.41) is 27.3. The van der Waals surface area contributed by atoms with E-state index >= 15 is 0 Å². The number of benzene rings is 1. The third-order valence-corrected chi connectivity index (χ3v) is 3.28. The Hall–Kier alpha value is -3.17. The molecule has 0 bridgehead atoms. The lowest BCUT2D eigenvalue weighted by atomic mass is 10.2. The third kappa shape index (κ3) is 3.42. The van der Waals surface area contributed by atoms with E-state index in [1.54, 1.807) is 16.8 Å². The zero-order valence-corrected chi connectivity index (χ0v) is 13.3. The topological polar surface area (TPSA) is 117 Å². The number of tetrazole rings is 1. The highest BCUT2D eigenvalue weighted by Crippen LogP contribution is 2.20. The summed E-state index contributed by atoms with van der Waals surface area (Å²) in [7, 11) is 0. The Morgan fingerprint density at radius 2 is 2.17 bits per heavy atom. The number of non-ortho nitro benzene ring substituents is 1. The van der Waals surface area contributed by atoms with Gasteiger partial charge in [0.2, 0.25) is 5.82 Å². The van der Waals surface area contributed by atoms with Gasteiger partial charge in [0.25, 0.3) is 5.69 Å². The average Bonchev–Trinajstić information content (AvgIpc) is 3.17. The minimum atomic E-state index is -0.456. The monoisotopic (exact) mass is 328 g/mol. The van der Waals surface area contributed by atoms with Crippen LogP contribution in [0.15, 0.2) is 30.6 Å². The van der Waals surface area contributed by atoms with Gasteiger partial charge >= 0.3 is 0 Å². The van der Waals surface area contributed by atoms with Crippen molar-refractivity contribution in [3.8, 4) is 11.4 Å². The van der Waals surface area contributed by atoms with Crippen molar-refractivity contribution < 1.29 is 4.92 Å². The Morgan fingerprint density at radius 1 is 1.33 bits per heavy atom. The summed E-state index contributed by atoms with van der Waals surface area (Å²) in [6.07, 6.45) is 1.50. The van der Waals surface area contributed by atoms with E-state index in [9.17, 15) is 10.1 Å². The van der Waals surface area contributed by atoms with Gasteiger partial charge in [0.1, 0.15) is 12.9 Å². The van der Waals surface area contributed by atoms with Crippen molar-refractivity contribution in [2.45, 2.75) is 26.9 Å². The molecule has 2 aromatic heterocycles. The third-order valence-electron chi connectivity index (χ3n) is 3.28. The molecule has 10 heteroatoms. The summed E-state index contributed by atoms with van der Waals surface area (Å²) in [4.78, 5) is 16.0. The molecule has 0 radical (unpaired) electrons. The zero-order valence-electron chi connectivity index (χ0n) is 13.3. The second-order valence-corrected chi connectivity index (χ2v) is 5.70. The molecule has 0 aliphatic carbocycles. The first-order valence-electron chi connectivity index (χ1n) is 7.42. The lowest BCUT2D eigenvalue weighted by Crippen LogP contribution is -2.14. The van der Waals surface area contributed by atoms with E-state index < -0.39 is 4.92 Å². The highest BCUT2D eigenvalue weighted by molar-refractivity contribution is 5.58. The standard InChI is InChI=1S/C14H16N8O2/c1-10(2)7-20-13(15-9-16-20)8-21-18-14(17-19-21)11-4-3-5-12(6-11)22(23)24/h3-6,9-10H,7-8H2,1-2H3. The molecule has 3 rings (SSSR count). The first-order chi connectivity index (χ1) is 11.5. The van der Waals surface area contributed by atoms with Crippen LogP contribution in [-0.4, -0.2) is 39.9 Å². The highest BCUT2D eigenvalue weighted by atomic mass is 16.6. The fraction of sp³-hybridized carbons (Fsp3) is 0.357. The molecule has 0 spiro atoms. The van der Waals surface area contributed by atoms with E-state index in [1.807, 2.05) is 0 Å². The van der Waals surface area contributed by atoms with Gasteiger partial charge < -0.3 is 0 Å². The Kier molecular flexibility index (Phi) is 4.27. The van der Waals surface area contributed by atoms with Gasteiger partial charge in [0, 0.05) is 24.2 Å². The van der Waals surface area contributed by atoms with Crippen molar-refractivity contribution in [2.24, 2.45) is 5.92 Å². The summed E-state index contributed by atoms with van der Waals surface area (Å²) in [6, 6.07) is 6.13. The number of rotatable bonds is 6. The molecule has 0 atom stereocenters. The number of nitro benzene ring substituents is 1. The second-order valence-electron chi connectivity index (χ2n) is 5.70. The molecule has 10 nitrogen and oxygen atoms in total. The molecule has 0 amide bonds. The minimum absolute atomic E-state index is 0.0134. The minimum Gasteiger partial charge on any atom is -0.258 e. The molecule has 1 aromatic carbocycles. The van der Waals surface area contributed by atoms with Gasteiger partial charge in [-0.3, -0.25) is 10.1 Å². The molecule has 0 aliphatic rings. The van der Waals surface area contributed by atoms with Crippen LogP contribution in [0.4, 0.5) is 5.69 Å². The van der Waals surface area contributed by atoms with Crippen molar-refractivity contribution in [3.63, 3.8) is 0 Å². The van der Waals surface area contributed by atoms with Crippen molar-refractivity contribution in [2.75, 3.05) is 0 Å². The smallest absolute Gasteiger partial charge is 0.258 e. The maximum atomic E-state index is 10.9. The van der Waals surface area contributed by atoms with E-state index in [4.69, 9.17) is 0 Å². The molecule has 0 saturated carbocycles. The van der Waals surface area contributed by atoms with E-state index in [1.165, 1.54) is 23.3 Å². The fourth-order valence-electron chi connectivity index (χ4n) is 2.22. The van der Waals surface area contributed by atoms with Gasteiger partial charge in [-0.1, -0.05) is 26.0 Å². The molecule has 24 heavy (non-hydrogen) atoms. The highest BCUT2D eigenvalue weighted by Gasteiger charge is 2.13. The van der Waals surface area contributed by atoms with Crippen molar-refractivity contribution in [1.29, 1.82) is 0 Å². The molecule has 0 aliphatic heterocycles. The molecule has 0 unspecified atom stereocenters. The van der Waals surface area contributed by atoms with Crippen LogP contribution in [0.5, 0.6) is 0 Å². The number of nitrogens with zero attached hydrogens (tertiary/aromatic N) is 8. The van der Waals surface area contributed by atoms with Crippen LogP contribution in [0.1, 0.15) is 19.7 Å². The Balaban J connectivity index is 1.80. The first kappa shape index (κ1) is 15.7. The van der Waals surface area contributed by atoms with Crippen molar-refractivity contribution >= 4 is 5.69 Å². The summed E-state index contributed by atoms with van der Waals surface area (Å²) >= 11 is 0. The molecule has 0 saturated heterocycles. The largest absolute Gasteiger partial charge is 0.270 e.